The summed E-state index contributed by atoms with van der Waals surface area (Å²) in [5.41, 5.74) is 1.00. The highest BCUT2D eigenvalue weighted by atomic mass is 32.1. The monoisotopic (exact) mass is 112 g/mol. The first-order valence-electron chi connectivity index (χ1n) is 2.11. The van der Waals surface area contributed by atoms with Gasteiger partial charge in [0, 0.05) is 10.9 Å². The van der Waals surface area contributed by atoms with Crippen LogP contribution in [0.5, 0.6) is 0 Å². The Morgan fingerprint density at radius 2 is 2.29 bits per heavy atom. The Balaban J connectivity index is 3.04. The second-order valence-electron chi connectivity index (χ2n) is 1.45. The van der Waals surface area contributed by atoms with Crippen molar-refractivity contribution in [3.63, 3.8) is 0 Å². The smallest absolute Gasteiger partial charge is 0.0593 e. The van der Waals surface area contributed by atoms with E-state index < -0.39 is 0 Å². The van der Waals surface area contributed by atoms with Crippen LogP contribution in [-0.2, 0) is 0 Å². The van der Waals surface area contributed by atoms with Gasteiger partial charge in [0.05, 0.1) is 5.69 Å². The zero-order chi connectivity index (χ0) is 5.28. The molecule has 0 unspecified atom stereocenters. The molecule has 1 rings (SSSR count). The van der Waals surface area contributed by atoms with Gasteiger partial charge in [-0.3, -0.25) is 0 Å². The maximum Gasteiger partial charge on any atom is 0.0593 e. The molecule has 0 aromatic carbocycles. The first kappa shape index (κ1) is 4.78. The van der Waals surface area contributed by atoms with Crippen LogP contribution in [0.25, 0.3) is 0 Å². The van der Waals surface area contributed by atoms with Gasteiger partial charge < -0.3 is 0 Å². The Bertz CT molecular complexity index is 140. The molecule has 1 aromatic rings. The average Bonchev–Trinajstić information content (AvgIpc) is 1.87. The van der Waals surface area contributed by atoms with Crippen molar-refractivity contribution in [3.05, 3.63) is 16.6 Å². The summed E-state index contributed by atoms with van der Waals surface area (Å²) in [6.45, 7) is 3.95. The first-order chi connectivity index (χ1) is 3.29. The average molecular weight is 112 g/mol. The summed E-state index contributed by atoms with van der Waals surface area (Å²) in [7, 11) is 0. The molecule has 1 nitrogen and oxygen atoms in total. The van der Waals surface area contributed by atoms with Crippen molar-refractivity contribution in [1.29, 1.82) is 0 Å². The van der Waals surface area contributed by atoms with Gasteiger partial charge in [-0.05, 0) is 25.4 Å². The van der Waals surface area contributed by atoms with E-state index in [-0.39, 0.29) is 0 Å². The summed E-state index contributed by atoms with van der Waals surface area (Å²) >= 11 is 1.50. The van der Waals surface area contributed by atoms with E-state index in [0.717, 1.165) is 10.6 Å². The number of aryl methyl sites for hydroxylation is 2. The second kappa shape index (κ2) is 1.62. The van der Waals surface area contributed by atoms with E-state index in [9.17, 15) is 0 Å². The lowest BCUT2D eigenvalue weighted by molar-refractivity contribution is 1.33. The molecule has 0 fully saturated rings. The van der Waals surface area contributed by atoms with Crippen molar-refractivity contribution < 1.29 is 0 Å². The van der Waals surface area contributed by atoms with Crippen LogP contribution >= 0.6 is 11.5 Å². The Labute approximate surface area is 47.2 Å². The van der Waals surface area contributed by atoms with E-state index in [1.54, 1.807) is 0 Å². The zero-order valence-electron chi connectivity index (χ0n) is 4.36. The quantitative estimate of drug-likeness (QED) is 0.496. The molecular weight excluding hydrogens is 106 g/mol. The lowest BCUT2D eigenvalue weighted by Crippen LogP contribution is -1.60. The lowest BCUT2D eigenvalue weighted by Gasteiger charge is -1.65. The van der Waals surface area contributed by atoms with Crippen molar-refractivity contribution in [2.75, 3.05) is 0 Å². The molecule has 37 valence electrons. The van der Waals surface area contributed by atoms with Crippen LogP contribution in [0.1, 0.15) is 10.6 Å². The van der Waals surface area contributed by atoms with Crippen LogP contribution in [-0.4, -0.2) is 4.37 Å². The molecule has 0 atom stereocenters. The molecule has 0 aliphatic rings. The van der Waals surface area contributed by atoms with Crippen molar-refractivity contribution in [3.8, 4) is 0 Å². The maximum atomic E-state index is 4.00. The van der Waals surface area contributed by atoms with Crippen molar-refractivity contribution >= 4 is 11.5 Å². The number of nitrogens with zero attached hydrogens (tertiary/aromatic N) is 1. The zero-order valence-corrected chi connectivity index (χ0v) is 5.17. The fourth-order valence-corrected chi connectivity index (χ4v) is 0.950. The van der Waals surface area contributed by atoms with E-state index in [1.165, 1.54) is 11.5 Å². The number of aromatic nitrogens is 1. The maximum absolute atomic E-state index is 4.00. The van der Waals surface area contributed by atoms with Crippen LogP contribution in [0, 0.1) is 19.9 Å². The third kappa shape index (κ3) is 0.996. The van der Waals surface area contributed by atoms with Crippen LogP contribution in [0.2, 0.25) is 0 Å². The SMILES string of the molecule is Cc1[c]c(C)sn1. The van der Waals surface area contributed by atoms with E-state index in [0.29, 0.717) is 0 Å². The molecule has 1 radical (unpaired) electrons. The summed E-state index contributed by atoms with van der Waals surface area (Å²) in [4.78, 5) is 1.16. The third-order valence-corrected chi connectivity index (χ3v) is 1.42. The molecular formula is C5H6NS. The van der Waals surface area contributed by atoms with Crippen molar-refractivity contribution in [2.45, 2.75) is 13.8 Å². The summed E-state index contributed by atoms with van der Waals surface area (Å²) in [5.74, 6) is 0. The normalized spacial score (nSPS) is 9.43. The molecule has 2 heteroatoms. The van der Waals surface area contributed by atoms with Crippen molar-refractivity contribution in [2.24, 2.45) is 0 Å². The number of hydrogen-bond donors (Lipinski definition) is 0. The van der Waals surface area contributed by atoms with Gasteiger partial charge in [-0.1, -0.05) is 0 Å². The molecule has 0 amide bonds. The van der Waals surface area contributed by atoms with Crippen LogP contribution in [0.4, 0.5) is 0 Å². The van der Waals surface area contributed by atoms with E-state index >= 15 is 0 Å². The van der Waals surface area contributed by atoms with Gasteiger partial charge in [-0.25, -0.2) is 0 Å². The van der Waals surface area contributed by atoms with Gasteiger partial charge in [0.1, 0.15) is 0 Å². The molecule has 0 aliphatic heterocycles. The summed E-state index contributed by atoms with van der Waals surface area (Å²) < 4.78 is 4.00. The molecule has 7 heavy (non-hydrogen) atoms. The largest absolute Gasteiger partial charge is 0.197 e. The second-order valence-corrected chi connectivity index (χ2v) is 2.43. The number of hydrogen-bond acceptors (Lipinski definition) is 2. The lowest BCUT2D eigenvalue weighted by atomic mass is 10.4. The fourth-order valence-electron chi connectivity index (χ4n) is 0.437. The third-order valence-electron chi connectivity index (χ3n) is 0.676. The molecule has 1 aromatic heterocycles. The molecule has 0 aliphatic carbocycles. The standard InChI is InChI=1S/C5H6NS/c1-4-3-5(2)7-6-4/h1-2H3. The van der Waals surface area contributed by atoms with E-state index in [4.69, 9.17) is 0 Å². The Hall–Kier alpha value is -0.370. The van der Waals surface area contributed by atoms with Gasteiger partial charge in [0.2, 0.25) is 0 Å². The summed E-state index contributed by atoms with van der Waals surface area (Å²) in [5, 5.41) is 0. The topological polar surface area (TPSA) is 12.9 Å². The van der Waals surface area contributed by atoms with Gasteiger partial charge in [-0.15, -0.1) is 0 Å². The first-order valence-corrected chi connectivity index (χ1v) is 2.88. The highest BCUT2D eigenvalue weighted by Crippen LogP contribution is 2.03. The molecule has 0 saturated carbocycles. The minimum Gasteiger partial charge on any atom is -0.197 e. The molecule has 0 bridgehead atoms. The predicted molar refractivity (Wildman–Crippen MR) is 30.4 cm³/mol. The van der Waals surface area contributed by atoms with Crippen LogP contribution in [0.3, 0.4) is 0 Å². The molecule has 0 spiro atoms. The molecule has 1 heterocycles. The minimum atomic E-state index is 1.00. The highest BCUT2D eigenvalue weighted by molar-refractivity contribution is 7.05. The Morgan fingerprint density at radius 3 is 2.43 bits per heavy atom. The predicted octanol–water partition coefficient (Wildman–Crippen LogP) is 1.56. The number of rotatable bonds is 0. The van der Waals surface area contributed by atoms with Crippen molar-refractivity contribution in [1.82, 2.24) is 4.37 Å². The van der Waals surface area contributed by atoms with Gasteiger partial charge in [-0.2, -0.15) is 4.37 Å². The van der Waals surface area contributed by atoms with Crippen LogP contribution in [0.15, 0.2) is 0 Å². The van der Waals surface area contributed by atoms with Gasteiger partial charge in [0.25, 0.3) is 0 Å². The molecule has 0 saturated heterocycles. The Morgan fingerprint density at radius 1 is 1.57 bits per heavy atom. The fraction of sp³-hybridized carbons (Fsp3) is 0.400. The van der Waals surface area contributed by atoms with E-state index in [2.05, 4.69) is 10.4 Å². The van der Waals surface area contributed by atoms with E-state index in [1.807, 2.05) is 13.8 Å². The van der Waals surface area contributed by atoms with Crippen LogP contribution < -0.4 is 0 Å². The molecule has 0 N–H and O–H groups in total. The minimum absolute atomic E-state index is 1.00. The van der Waals surface area contributed by atoms with Gasteiger partial charge in [0.15, 0.2) is 0 Å². The summed E-state index contributed by atoms with van der Waals surface area (Å²) in [6, 6.07) is 3.05. The van der Waals surface area contributed by atoms with Gasteiger partial charge >= 0.3 is 0 Å². The Kier molecular flexibility index (Phi) is 1.11. The highest BCUT2D eigenvalue weighted by Gasteiger charge is 1.87. The summed E-state index contributed by atoms with van der Waals surface area (Å²) in [6.07, 6.45) is 0.